The first kappa shape index (κ1) is 18.9. The number of carbonyl (C=O) groups excluding carboxylic acids is 2. The molecule has 2 heterocycles. The fourth-order valence-electron chi connectivity index (χ4n) is 3.60. The van der Waals surface area contributed by atoms with Crippen LogP contribution in [0.4, 0.5) is 0 Å². The van der Waals surface area contributed by atoms with E-state index in [9.17, 15) is 9.59 Å². The number of likely N-dealkylation sites (tertiary alicyclic amines) is 1. The van der Waals surface area contributed by atoms with E-state index >= 15 is 0 Å². The molecule has 1 atom stereocenters. The summed E-state index contributed by atoms with van der Waals surface area (Å²) < 4.78 is 5.43. The van der Waals surface area contributed by atoms with Crippen LogP contribution in [0.25, 0.3) is 0 Å². The maximum Gasteiger partial charge on any atom is 0.253 e. The zero-order valence-corrected chi connectivity index (χ0v) is 16.1. The van der Waals surface area contributed by atoms with Gasteiger partial charge >= 0.3 is 0 Å². The van der Waals surface area contributed by atoms with E-state index in [1.54, 1.807) is 0 Å². The predicted octanol–water partition coefficient (Wildman–Crippen LogP) is 2.88. The predicted molar refractivity (Wildman–Crippen MR) is 101 cm³/mol. The van der Waals surface area contributed by atoms with Crippen molar-refractivity contribution in [3.8, 4) is 0 Å². The lowest BCUT2D eigenvalue weighted by atomic mass is 9.86. The third-order valence-corrected chi connectivity index (χ3v) is 5.35. The van der Waals surface area contributed by atoms with Gasteiger partial charge in [0.1, 0.15) is 6.10 Å². The second-order valence-electron chi connectivity index (χ2n) is 8.40. The minimum atomic E-state index is -0.281. The molecule has 2 aliphatic heterocycles. The van der Waals surface area contributed by atoms with Gasteiger partial charge in [-0.15, -0.1) is 0 Å². The summed E-state index contributed by atoms with van der Waals surface area (Å²) in [7, 11) is 0. The summed E-state index contributed by atoms with van der Waals surface area (Å²) in [6.45, 7) is 8.53. The van der Waals surface area contributed by atoms with Crippen molar-refractivity contribution in [2.24, 2.45) is 0 Å². The van der Waals surface area contributed by atoms with Crippen molar-refractivity contribution in [3.05, 3.63) is 35.4 Å². The first-order valence-corrected chi connectivity index (χ1v) is 9.66. The molecule has 26 heavy (non-hydrogen) atoms. The highest BCUT2D eigenvalue weighted by Crippen LogP contribution is 2.23. The fourth-order valence-corrected chi connectivity index (χ4v) is 3.60. The van der Waals surface area contributed by atoms with Gasteiger partial charge in [0, 0.05) is 31.3 Å². The molecule has 1 aromatic carbocycles. The number of nitrogens with zero attached hydrogens (tertiary/aromatic N) is 1. The number of rotatable bonds is 3. The molecular formula is C21H30N2O3. The maximum absolute atomic E-state index is 12.7. The van der Waals surface area contributed by atoms with Crippen molar-refractivity contribution in [1.29, 1.82) is 0 Å². The van der Waals surface area contributed by atoms with Crippen LogP contribution in [0.2, 0.25) is 0 Å². The lowest BCUT2D eigenvalue weighted by molar-refractivity contribution is -0.131. The van der Waals surface area contributed by atoms with Crippen molar-refractivity contribution in [2.75, 3.05) is 19.7 Å². The van der Waals surface area contributed by atoms with Crippen LogP contribution in [0.5, 0.6) is 0 Å². The van der Waals surface area contributed by atoms with Crippen molar-refractivity contribution in [1.82, 2.24) is 10.2 Å². The molecular weight excluding hydrogens is 328 g/mol. The first-order valence-electron chi connectivity index (χ1n) is 9.66. The number of ether oxygens (including phenoxy) is 1. The summed E-state index contributed by atoms with van der Waals surface area (Å²) in [6.07, 6.45) is 3.08. The molecule has 0 bridgehead atoms. The molecule has 2 amide bonds. The monoisotopic (exact) mass is 358 g/mol. The smallest absolute Gasteiger partial charge is 0.253 e. The summed E-state index contributed by atoms with van der Waals surface area (Å²) in [5.74, 6) is 0.0828. The van der Waals surface area contributed by atoms with Crippen LogP contribution in [0.3, 0.4) is 0 Å². The largest absolute Gasteiger partial charge is 0.368 e. The van der Waals surface area contributed by atoms with E-state index in [0.29, 0.717) is 19.7 Å². The van der Waals surface area contributed by atoms with E-state index in [1.807, 2.05) is 29.2 Å². The van der Waals surface area contributed by atoms with Gasteiger partial charge in [-0.3, -0.25) is 9.59 Å². The van der Waals surface area contributed by atoms with Crippen LogP contribution in [-0.4, -0.2) is 48.6 Å². The van der Waals surface area contributed by atoms with Gasteiger partial charge in [0.15, 0.2) is 0 Å². The van der Waals surface area contributed by atoms with Crippen molar-refractivity contribution < 1.29 is 14.3 Å². The molecule has 1 aromatic rings. The average Bonchev–Trinajstić information content (AvgIpc) is 3.16. The Labute approximate surface area is 156 Å². The van der Waals surface area contributed by atoms with E-state index in [-0.39, 0.29) is 29.4 Å². The molecule has 2 saturated heterocycles. The molecule has 5 nitrogen and oxygen atoms in total. The molecule has 2 fully saturated rings. The highest BCUT2D eigenvalue weighted by atomic mass is 16.5. The molecule has 1 N–H and O–H groups in total. The molecule has 0 aromatic heterocycles. The van der Waals surface area contributed by atoms with Crippen molar-refractivity contribution >= 4 is 11.8 Å². The summed E-state index contributed by atoms with van der Waals surface area (Å²) in [4.78, 5) is 26.8. The zero-order chi connectivity index (χ0) is 18.7. The van der Waals surface area contributed by atoms with Crippen LogP contribution >= 0.6 is 0 Å². The Morgan fingerprint density at radius 1 is 1.08 bits per heavy atom. The average molecular weight is 358 g/mol. The van der Waals surface area contributed by atoms with Gasteiger partial charge in [0.05, 0.1) is 0 Å². The van der Waals surface area contributed by atoms with Gasteiger partial charge < -0.3 is 15.0 Å². The Bertz CT molecular complexity index is 634. The van der Waals surface area contributed by atoms with E-state index in [4.69, 9.17) is 4.74 Å². The van der Waals surface area contributed by atoms with E-state index in [0.717, 1.165) is 31.2 Å². The molecule has 142 valence electrons. The Hall–Kier alpha value is -1.88. The van der Waals surface area contributed by atoms with E-state index < -0.39 is 0 Å². The van der Waals surface area contributed by atoms with E-state index in [2.05, 4.69) is 26.1 Å². The fraction of sp³-hybridized carbons (Fsp3) is 0.619. The van der Waals surface area contributed by atoms with Crippen LogP contribution < -0.4 is 5.32 Å². The molecule has 2 aliphatic rings. The van der Waals surface area contributed by atoms with E-state index in [1.165, 1.54) is 5.56 Å². The second kappa shape index (κ2) is 7.78. The molecule has 5 heteroatoms. The van der Waals surface area contributed by atoms with Gasteiger partial charge in [0.25, 0.3) is 5.91 Å². The molecule has 0 saturated carbocycles. The quantitative estimate of drug-likeness (QED) is 0.904. The number of benzene rings is 1. The number of hydrogen-bond donors (Lipinski definition) is 1. The normalized spacial score (nSPS) is 21.7. The van der Waals surface area contributed by atoms with Crippen LogP contribution in [-0.2, 0) is 14.9 Å². The van der Waals surface area contributed by atoms with Gasteiger partial charge in [-0.2, -0.15) is 0 Å². The Morgan fingerprint density at radius 2 is 1.73 bits per heavy atom. The topological polar surface area (TPSA) is 58.6 Å². The summed E-state index contributed by atoms with van der Waals surface area (Å²) in [5.41, 5.74) is 2.05. The lowest BCUT2D eigenvalue weighted by Gasteiger charge is -2.33. The summed E-state index contributed by atoms with van der Waals surface area (Å²) >= 11 is 0. The third kappa shape index (κ3) is 4.44. The molecule has 3 rings (SSSR count). The summed E-state index contributed by atoms with van der Waals surface area (Å²) in [6, 6.07) is 8.07. The zero-order valence-electron chi connectivity index (χ0n) is 16.1. The highest BCUT2D eigenvalue weighted by molar-refractivity contribution is 5.94. The number of carbonyl (C=O) groups is 2. The van der Waals surface area contributed by atoms with Crippen LogP contribution in [0.15, 0.2) is 24.3 Å². The van der Waals surface area contributed by atoms with Crippen molar-refractivity contribution in [3.63, 3.8) is 0 Å². The highest BCUT2D eigenvalue weighted by Gasteiger charge is 2.29. The molecule has 0 aliphatic carbocycles. The SMILES string of the molecule is CC(C)(C)c1ccc(C(=O)N2CCC(NC(=O)C3CCCO3)CC2)cc1. The van der Waals surface area contributed by atoms with Gasteiger partial charge in [-0.05, 0) is 48.8 Å². The first-order chi connectivity index (χ1) is 12.3. The van der Waals surface area contributed by atoms with Gasteiger partial charge in [-0.25, -0.2) is 0 Å². The number of nitrogens with one attached hydrogen (secondary N) is 1. The number of piperidine rings is 1. The van der Waals surface area contributed by atoms with Gasteiger partial charge in [0.2, 0.25) is 5.91 Å². The minimum absolute atomic E-state index is 0.00467. The Kier molecular flexibility index (Phi) is 5.66. The minimum Gasteiger partial charge on any atom is -0.368 e. The van der Waals surface area contributed by atoms with Crippen LogP contribution in [0.1, 0.15) is 62.4 Å². The third-order valence-electron chi connectivity index (χ3n) is 5.35. The number of amides is 2. The summed E-state index contributed by atoms with van der Waals surface area (Å²) in [5, 5.41) is 3.08. The van der Waals surface area contributed by atoms with Gasteiger partial charge in [-0.1, -0.05) is 32.9 Å². The number of hydrogen-bond acceptors (Lipinski definition) is 3. The Morgan fingerprint density at radius 3 is 2.27 bits per heavy atom. The lowest BCUT2D eigenvalue weighted by Crippen LogP contribution is -2.48. The van der Waals surface area contributed by atoms with Crippen LogP contribution in [0, 0.1) is 0 Å². The molecule has 1 unspecified atom stereocenters. The molecule has 0 spiro atoms. The Balaban J connectivity index is 1.51. The second-order valence-corrected chi connectivity index (χ2v) is 8.40. The maximum atomic E-state index is 12.7. The van der Waals surface area contributed by atoms with Crippen molar-refractivity contribution in [2.45, 2.75) is 64.0 Å². The standard InChI is InChI=1S/C21H30N2O3/c1-21(2,3)16-8-6-15(7-9-16)20(25)23-12-10-17(11-13-23)22-19(24)18-5-4-14-26-18/h6-9,17-18H,4-5,10-14H2,1-3H3,(H,22,24). The molecule has 0 radical (unpaired) electrons.